The van der Waals surface area contributed by atoms with Gasteiger partial charge in [0, 0.05) is 18.5 Å². The van der Waals surface area contributed by atoms with Crippen molar-refractivity contribution in [3.63, 3.8) is 0 Å². The molecule has 19 heavy (non-hydrogen) atoms. The first-order valence-electron chi connectivity index (χ1n) is 6.59. The van der Waals surface area contributed by atoms with Crippen molar-refractivity contribution in [3.8, 4) is 5.88 Å². The minimum Gasteiger partial charge on any atom is -0.475 e. The largest absolute Gasteiger partial charge is 0.475 e. The van der Waals surface area contributed by atoms with Crippen LogP contribution in [0.15, 0.2) is 30.3 Å². The Morgan fingerprint density at radius 2 is 2.05 bits per heavy atom. The van der Waals surface area contributed by atoms with Crippen LogP contribution in [0.1, 0.15) is 12.6 Å². The number of hydrogen-bond acceptors (Lipinski definition) is 4. The Balaban J connectivity index is 2.23. The van der Waals surface area contributed by atoms with E-state index in [0.717, 1.165) is 23.0 Å². The van der Waals surface area contributed by atoms with Gasteiger partial charge in [-0.15, -0.1) is 0 Å². The van der Waals surface area contributed by atoms with Crippen molar-refractivity contribution >= 4 is 10.8 Å². The van der Waals surface area contributed by atoms with Gasteiger partial charge in [0.1, 0.15) is 6.61 Å². The van der Waals surface area contributed by atoms with E-state index < -0.39 is 0 Å². The van der Waals surface area contributed by atoms with E-state index >= 15 is 0 Å². The fourth-order valence-corrected chi connectivity index (χ4v) is 1.94. The molecule has 0 bridgehead atoms. The maximum absolute atomic E-state index is 5.74. The van der Waals surface area contributed by atoms with Crippen LogP contribution >= 0.6 is 0 Å². The molecule has 0 saturated carbocycles. The number of hydrogen-bond donors (Lipinski definition) is 1. The SMILES string of the molecule is CCOCCOc1nc(CNC)cc2ccccc12. The van der Waals surface area contributed by atoms with Gasteiger partial charge in [0.2, 0.25) is 5.88 Å². The van der Waals surface area contributed by atoms with Gasteiger partial charge in [-0.25, -0.2) is 4.98 Å². The van der Waals surface area contributed by atoms with Crippen LogP contribution < -0.4 is 10.1 Å². The Kier molecular flexibility index (Phi) is 5.12. The Morgan fingerprint density at radius 3 is 2.84 bits per heavy atom. The summed E-state index contributed by atoms with van der Waals surface area (Å²) in [6, 6.07) is 10.2. The number of fused-ring (bicyclic) bond motifs is 1. The predicted molar refractivity (Wildman–Crippen MR) is 76.5 cm³/mol. The molecule has 1 aromatic carbocycles. The highest BCUT2D eigenvalue weighted by atomic mass is 16.5. The van der Waals surface area contributed by atoms with Crippen LogP contribution in [0.2, 0.25) is 0 Å². The summed E-state index contributed by atoms with van der Waals surface area (Å²) in [5.41, 5.74) is 0.979. The number of rotatable bonds is 7. The number of ether oxygens (including phenoxy) is 2. The molecule has 1 heterocycles. The summed E-state index contributed by atoms with van der Waals surface area (Å²) in [4.78, 5) is 4.55. The number of nitrogens with one attached hydrogen (secondary N) is 1. The van der Waals surface area contributed by atoms with Crippen molar-refractivity contribution in [3.05, 3.63) is 36.0 Å². The highest BCUT2D eigenvalue weighted by Crippen LogP contribution is 2.24. The Bertz CT molecular complexity index is 529. The Hall–Kier alpha value is -1.65. The molecular formula is C15H20N2O2. The molecule has 0 unspecified atom stereocenters. The zero-order valence-corrected chi connectivity index (χ0v) is 11.5. The lowest BCUT2D eigenvalue weighted by Crippen LogP contribution is -2.10. The van der Waals surface area contributed by atoms with Crippen LogP contribution in [-0.4, -0.2) is 31.9 Å². The van der Waals surface area contributed by atoms with Crippen LogP contribution in [0, 0.1) is 0 Å². The Morgan fingerprint density at radius 1 is 1.21 bits per heavy atom. The lowest BCUT2D eigenvalue weighted by molar-refractivity contribution is 0.109. The lowest BCUT2D eigenvalue weighted by atomic mass is 10.1. The minimum atomic E-state index is 0.522. The van der Waals surface area contributed by atoms with Gasteiger partial charge in [-0.1, -0.05) is 18.2 Å². The molecular weight excluding hydrogens is 240 g/mol. The quantitative estimate of drug-likeness (QED) is 0.776. The average Bonchev–Trinajstić information content (AvgIpc) is 2.44. The third-order valence-electron chi connectivity index (χ3n) is 2.79. The highest BCUT2D eigenvalue weighted by Gasteiger charge is 2.06. The van der Waals surface area contributed by atoms with Gasteiger partial charge in [-0.2, -0.15) is 0 Å². The molecule has 0 saturated heterocycles. The third-order valence-corrected chi connectivity index (χ3v) is 2.79. The fourth-order valence-electron chi connectivity index (χ4n) is 1.94. The normalized spacial score (nSPS) is 10.8. The molecule has 0 radical (unpaired) electrons. The second-order valence-electron chi connectivity index (χ2n) is 4.22. The van der Waals surface area contributed by atoms with Gasteiger partial charge in [-0.3, -0.25) is 0 Å². The molecule has 4 heteroatoms. The fraction of sp³-hybridized carbons (Fsp3) is 0.400. The second kappa shape index (κ2) is 7.07. The van der Waals surface area contributed by atoms with Crippen molar-refractivity contribution in [2.75, 3.05) is 26.9 Å². The number of pyridine rings is 1. The first kappa shape index (κ1) is 13.8. The molecule has 102 valence electrons. The summed E-state index contributed by atoms with van der Waals surface area (Å²) < 4.78 is 11.0. The van der Waals surface area contributed by atoms with Crippen LogP contribution in [0.25, 0.3) is 10.8 Å². The van der Waals surface area contributed by atoms with Crippen LogP contribution in [0.3, 0.4) is 0 Å². The molecule has 0 fully saturated rings. The smallest absolute Gasteiger partial charge is 0.221 e. The molecule has 4 nitrogen and oxygen atoms in total. The average molecular weight is 260 g/mol. The number of aromatic nitrogens is 1. The monoisotopic (exact) mass is 260 g/mol. The van der Waals surface area contributed by atoms with E-state index in [1.165, 1.54) is 0 Å². The van der Waals surface area contributed by atoms with Crippen molar-refractivity contribution in [1.29, 1.82) is 0 Å². The molecule has 0 atom stereocenters. The van der Waals surface area contributed by atoms with E-state index in [9.17, 15) is 0 Å². The molecule has 0 aliphatic carbocycles. The molecule has 1 N–H and O–H groups in total. The number of nitrogens with zero attached hydrogens (tertiary/aromatic N) is 1. The van der Waals surface area contributed by atoms with Crippen molar-refractivity contribution in [2.24, 2.45) is 0 Å². The second-order valence-corrected chi connectivity index (χ2v) is 4.22. The number of benzene rings is 1. The van der Waals surface area contributed by atoms with Crippen LogP contribution in [-0.2, 0) is 11.3 Å². The van der Waals surface area contributed by atoms with Crippen molar-refractivity contribution in [2.45, 2.75) is 13.5 Å². The van der Waals surface area contributed by atoms with E-state index in [1.54, 1.807) is 0 Å². The highest BCUT2D eigenvalue weighted by molar-refractivity contribution is 5.87. The van der Waals surface area contributed by atoms with E-state index in [0.29, 0.717) is 25.7 Å². The van der Waals surface area contributed by atoms with E-state index in [2.05, 4.69) is 22.4 Å². The van der Waals surface area contributed by atoms with Crippen molar-refractivity contribution in [1.82, 2.24) is 10.3 Å². The van der Waals surface area contributed by atoms with Gasteiger partial charge >= 0.3 is 0 Å². The predicted octanol–water partition coefficient (Wildman–Crippen LogP) is 2.37. The van der Waals surface area contributed by atoms with E-state index in [4.69, 9.17) is 9.47 Å². The maximum atomic E-state index is 5.74. The summed E-state index contributed by atoms with van der Waals surface area (Å²) in [6.07, 6.45) is 0. The minimum absolute atomic E-state index is 0.522. The first-order valence-corrected chi connectivity index (χ1v) is 6.59. The summed E-state index contributed by atoms with van der Waals surface area (Å²) in [6.45, 7) is 4.52. The van der Waals surface area contributed by atoms with E-state index in [-0.39, 0.29) is 0 Å². The molecule has 2 aromatic rings. The van der Waals surface area contributed by atoms with Gasteiger partial charge in [0.15, 0.2) is 0 Å². The summed E-state index contributed by atoms with van der Waals surface area (Å²) in [7, 11) is 1.91. The van der Waals surface area contributed by atoms with Crippen molar-refractivity contribution < 1.29 is 9.47 Å². The van der Waals surface area contributed by atoms with Gasteiger partial charge in [-0.05, 0) is 31.5 Å². The Labute approximate surface area is 113 Å². The summed E-state index contributed by atoms with van der Waals surface area (Å²) in [5.74, 6) is 0.683. The molecule has 0 aliphatic rings. The molecule has 0 spiro atoms. The van der Waals surface area contributed by atoms with Crippen LogP contribution in [0.5, 0.6) is 5.88 Å². The lowest BCUT2D eigenvalue weighted by Gasteiger charge is -2.10. The molecule has 1 aromatic heterocycles. The topological polar surface area (TPSA) is 43.4 Å². The molecule has 2 rings (SSSR count). The van der Waals surface area contributed by atoms with E-state index in [1.807, 2.05) is 32.2 Å². The molecule has 0 aliphatic heterocycles. The third kappa shape index (κ3) is 3.66. The van der Waals surface area contributed by atoms with Gasteiger partial charge < -0.3 is 14.8 Å². The standard InChI is InChI=1S/C15H20N2O2/c1-3-18-8-9-19-15-14-7-5-4-6-12(14)10-13(17-15)11-16-2/h4-7,10,16H,3,8-9,11H2,1-2H3. The maximum Gasteiger partial charge on any atom is 0.221 e. The zero-order valence-electron chi connectivity index (χ0n) is 11.5. The van der Waals surface area contributed by atoms with Gasteiger partial charge in [0.05, 0.1) is 12.3 Å². The zero-order chi connectivity index (χ0) is 13.5. The summed E-state index contributed by atoms with van der Waals surface area (Å²) in [5, 5.41) is 5.30. The molecule has 0 amide bonds. The summed E-state index contributed by atoms with van der Waals surface area (Å²) >= 11 is 0. The van der Waals surface area contributed by atoms with Crippen LogP contribution in [0.4, 0.5) is 0 Å². The first-order chi connectivity index (χ1) is 9.35. The van der Waals surface area contributed by atoms with Gasteiger partial charge in [0.25, 0.3) is 0 Å².